The molecule has 1 aromatic rings. The molecule has 1 aromatic carbocycles. The number of hydrogen-bond donors (Lipinski definition) is 0. The lowest BCUT2D eigenvalue weighted by molar-refractivity contribution is -0.137. The van der Waals surface area contributed by atoms with Crippen molar-refractivity contribution in [3.05, 3.63) is 29.8 Å². The molecule has 2 heterocycles. The maximum Gasteiger partial charge on any atom is 0.416 e. The van der Waals surface area contributed by atoms with E-state index in [9.17, 15) is 18.0 Å². The maximum atomic E-state index is 12.9. The largest absolute Gasteiger partial charge is 0.416 e. The standard InChI is InChI=1S/C20H27F3N2O2/c1-15(26)19(14-24-12-9-18(13-24)27-2)10-3-4-11-25(19)17-7-5-16(6-8-17)20(21,22)23/h5-8,18H,3-4,9-14H2,1-2H3. The van der Waals surface area contributed by atoms with Crippen LogP contribution in [0.2, 0.25) is 0 Å². The number of nitrogens with zero attached hydrogens (tertiary/aromatic N) is 2. The highest BCUT2D eigenvalue weighted by atomic mass is 19.4. The molecular formula is C20H27F3N2O2. The van der Waals surface area contributed by atoms with Gasteiger partial charge < -0.3 is 9.64 Å². The Labute approximate surface area is 158 Å². The summed E-state index contributed by atoms with van der Waals surface area (Å²) in [5.41, 5.74) is -0.680. The lowest BCUT2D eigenvalue weighted by atomic mass is 9.82. The molecular weight excluding hydrogens is 357 g/mol. The molecule has 2 fully saturated rings. The van der Waals surface area contributed by atoms with Crippen molar-refractivity contribution in [1.29, 1.82) is 0 Å². The van der Waals surface area contributed by atoms with Crippen LogP contribution in [-0.4, -0.2) is 55.6 Å². The lowest BCUT2D eigenvalue weighted by Crippen LogP contribution is -2.62. The van der Waals surface area contributed by atoms with E-state index in [0.717, 1.165) is 50.9 Å². The van der Waals surface area contributed by atoms with E-state index in [-0.39, 0.29) is 11.9 Å². The Kier molecular flexibility index (Phi) is 5.82. The monoisotopic (exact) mass is 384 g/mol. The van der Waals surface area contributed by atoms with Gasteiger partial charge in [0.15, 0.2) is 5.78 Å². The van der Waals surface area contributed by atoms with Gasteiger partial charge >= 0.3 is 6.18 Å². The van der Waals surface area contributed by atoms with Crippen molar-refractivity contribution in [3.63, 3.8) is 0 Å². The van der Waals surface area contributed by atoms with Crippen LogP contribution in [0.25, 0.3) is 0 Å². The fourth-order valence-electron chi connectivity index (χ4n) is 4.39. The third-order valence-corrected chi connectivity index (χ3v) is 5.95. The summed E-state index contributed by atoms with van der Waals surface area (Å²) in [5.74, 6) is 0.0722. The van der Waals surface area contributed by atoms with Gasteiger partial charge in [-0.25, -0.2) is 0 Å². The molecule has 0 aliphatic carbocycles. The van der Waals surface area contributed by atoms with E-state index in [0.29, 0.717) is 18.8 Å². The van der Waals surface area contributed by atoms with Gasteiger partial charge in [-0.15, -0.1) is 0 Å². The zero-order chi connectivity index (χ0) is 19.7. The second-order valence-electron chi connectivity index (χ2n) is 7.62. The number of likely N-dealkylation sites (tertiary alicyclic amines) is 1. The van der Waals surface area contributed by atoms with E-state index in [1.807, 2.05) is 4.90 Å². The molecule has 3 rings (SSSR count). The third-order valence-electron chi connectivity index (χ3n) is 5.95. The van der Waals surface area contributed by atoms with Crippen molar-refractivity contribution in [1.82, 2.24) is 4.90 Å². The first-order valence-electron chi connectivity index (χ1n) is 9.47. The summed E-state index contributed by atoms with van der Waals surface area (Å²) < 4.78 is 44.1. The van der Waals surface area contributed by atoms with E-state index in [1.165, 1.54) is 12.1 Å². The minimum Gasteiger partial charge on any atom is -0.380 e. The molecule has 2 aliphatic heterocycles. The molecule has 7 heteroatoms. The molecule has 0 N–H and O–H groups in total. The number of ketones is 1. The Bertz CT molecular complexity index is 662. The molecule has 0 spiro atoms. The first-order chi connectivity index (χ1) is 12.8. The Balaban J connectivity index is 1.87. The number of hydrogen-bond acceptors (Lipinski definition) is 4. The minimum absolute atomic E-state index is 0.0722. The number of piperidine rings is 1. The number of alkyl halides is 3. The molecule has 0 bridgehead atoms. The molecule has 2 unspecified atom stereocenters. The molecule has 0 amide bonds. The number of anilines is 1. The number of carbonyl (C=O) groups is 1. The van der Waals surface area contributed by atoms with Crippen molar-refractivity contribution in [3.8, 4) is 0 Å². The van der Waals surface area contributed by atoms with Crippen LogP contribution < -0.4 is 4.90 Å². The van der Waals surface area contributed by atoms with Crippen LogP contribution in [0.3, 0.4) is 0 Å². The summed E-state index contributed by atoms with van der Waals surface area (Å²) in [6.45, 7) is 4.52. The van der Waals surface area contributed by atoms with Gasteiger partial charge in [-0.1, -0.05) is 0 Å². The van der Waals surface area contributed by atoms with Gasteiger partial charge in [-0.05, 0) is 56.9 Å². The van der Waals surface area contributed by atoms with E-state index in [1.54, 1.807) is 14.0 Å². The van der Waals surface area contributed by atoms with Crippen LogP contribution in [-0.2, 0) is 15.7 Å². The Morgan fingerprint density at radius 1 is 1.22 bits per heavy atom. The topological polar surface area (TPSA) is 32.8 Å². The Hall–Kier alpha value is -1.60. The number of ether oxygens (including phenoxy) is 1. The fraction of sp³-hybridized carbons (Fsp3) is 0.650. The highest BCUT2D eigenvalue weighted by molar-refractivity contribution is 5.90. The highest BCUT2D eigenvalue weighted by Crippen LogP contribution is 2.37. The molecule has 150 valence electrons. The van der Waals surface area contributed by atoms with Gasteiger partial charge in [0.1, 0.15) is 5.54 Å². The van der Waals surface area contributed by atoms with E-state index < -0.39 is 17.3 Å². The van der Waals surface area contributed by atoms with Gasteiger partial charge in [-0.2, -0.15) is 13.2 Å². The van der Waals surface area contributed by atoms with E-state index >= 15 is 0 Å². The predicted octanol–water partition coefficient (Wildman–Crippen LogP) is 3.74. The molecule has 0 saturated carbocycles. The van der Waals surface area contributed by atoms with Gasteiger partial charge in [0.25, 0.3) is 0 Å². The molecule has 27 heavy (non-hydrogen) atoms. The Morgan fingerprint density at radius 3 is 2.48 bits per heavy atom. The Morgan fingerprint density at radius 2 is 1.93 bits per heavy atom. The summed E-state index contributed by atoms with van der Waals surface area (Å²) in [7, 11) is 1.70. The highest BCUT2D eigenvalue weighted by Gasteiger charge is 2.45. The van der Waals surface area contributed by atoms with Crippen LogP contribution >= 0.6 is 0 Å². The van der Waals surface area contributed by atoms with Crippen LogP contribution in [0, 0.1) is 0 Å². The second kappa shape index (κ2) is 7.80. The summed E-state index contributed by atoms with van der Waals surface area (Å²) in [6, 6.07) is 5.19. The quantitative estimate of drug-likeness (QED) is 0.774. The minimum atomic E-state index is -4.36. The van der Waals surface area contributed by atoms with Crippen molar-refractivity contribution >= 4 is 11.5 Å². The molecule has 0 aromatic heterocycles. The lowest BCUT2D eigenvalue weighted by Gasteiger charge is -2.48. The number of benzene rings is 1. The summed E-state index contributed by atoms with van der Waals surface area (Å²) >= 11 is 0. The normalized spacial score (nSPS) is 27.1. The van der Waals surface area contributed by atoms with Crippen LogP contribution in [0.4, 0.5) is 18.9 Å². The smallest absolute Gasteiger partial charge is 0.380 e. The predicted molar refractivity (Wildman–Crippen MR) is 97.9 cm³/mol. The van der Waals surface area contributed by atoms with Gasteiger partial charge in [0.05, 0.1) is 11.7 Å². The van der Waals surface area contributed by atoms with Gasteiger partial charge in [0, 0.05) is 39.0 Å². The molecule has 2 atom stereocenters. The zero-order valence-corrected chi connectivity index (χ0v) is 15.9. The second-order valence-corrected chi connectivity index (χ2v) is 7.62. The van der Waals surface area contributed by atoms with Crippen LogP contribution in [0.5, 0.6) is 0 Å². The van der Waals surface area contributed by atoms with Crippen LogP contribution in [0.1, 0.15) is 38.2 Å². The number of Topliss-reactive ketones (excluding diaryl/α,β-unsaturated/α-hetero) is 1. The van der Waals surface area contributed by atoms with Gasteiger partial charge in [-0.3, -0.25) is 9.69 Å². The average molecular weight is 384 g/mol. The first-order valence-corrected chi connectivity index (χ1v) is 9.47. The molecule has 2 saturated heterocycles. The van der Waals surface area contributed by atoms with E-state index in [2.05, 4.69) is 4.90 Å². The summed E-state index contributed by atoms with van der Waals surface area (Å²) in [5, 5.41) is 0. The molecule has 2 aliphatic rings. The maximum absolute atomic E-state index is 12.9. The average Bonchev–Trinajstić information content (AvgIpc) is 3.09. The molecule has 4 nitrogen and oxygen atoms in total. The van der Waals surface area contributed by atoms with Crippen molar-refractivity contribution in [2.45, 2.75) is 50.4 Å². The zero-order valence-electron chi connectivity index (χ0n) is 15.9. The van der Waals surface area contributed by atoms with Gasteiger partial charge in [0.2, 0.25) is 0 Å². The SMILES string of the molecule is COC1CCN(CC2(C(C)=O)CCCCN2c2ccc(C(F)(F)F)cc2)C1. The number of rotatable bonds is 5. The third kappa shape index (κ3) is 4.14. The fourth-order valence-corrected chi connectivity index (χ4v) is 4.39. The summed E-state index contributed by atoms with van der Waals surface area (Å²) in [6.07, 6.45) is -0.655. The number of halogens is 3. The van der Waals surface area contributed by atoms with Crippen molar-refractivity contribution in [2.24, 2.45) is 0 Å². The van der Waals surface area contributed by atoms with Crippen molar-refractivity contribution in [2.75, 3.05) is 38.2 Å². The summed E-state index contributed by atoms with van der Waals surface area (Å²) in [4.78, 5) is 17.1. The first kappa shape index (κ1) is 20.1. The number of methoxy groups -OCH3 is 1. The van der Waals surface area contributed by atoms with Crippen molar-refractivity contribution < 1.29 is 22.7 Å². The number of carbonyl (C=O) groups excluding carboxylic acids is 1. The van der Waals surface area contributed by atoms with E-state index in [4.69, 9.17) is 4.74 Å². The molecule has 0 radical (unpaired) electrons. The van der Waals surface area contributed by atoms with Crippen LogP contribution in [0.15, 0.2) is 24.3 Å².